The number of halogens is 1. The Morgan fingerprint density at radius 1 is 1.11 bits per heavy atom. The number of hydrogen-bond acceptors (Lipinski definition) is 7. The molecule has 0 aromatic carbocycles. The van der Waals surface area contributed by atoms with E-state index in [-0.39, 0.29) is 5.41 Å². The lowest BCUT2D eigenvalue weighted by molar-refractivity contribution is 0.0300. The van der Waals surface area contributed by atoms with Gasteiger partial charge in [-0.1, -0.05) is 18.5 Å². The lowest BCUT2D eigenvalue weighted by Gasteiger charge is -2.33. The summed E-state index contributed by atoms with van der Waals surface area (Å²) < 4.78 is 10.8. The second-order valence-corrected chi connectivity index (χ2v) is 10.9. The largest absolute Gasteiger partial charge is 0.383 e. The van der Waals surface area contributed by atoms with Gasteiger partial charge < -0.3 is 25.4 Å². The van der Waals surface area contributed by atoms with Crippen LogP contribution in [0.1, 0.15) is 52.4 Å². The molecule has 0 bridgehead atoms. The van der Waals surface area contributed by atoms with Crippen molar-refractivity contribution in [3.8, 4) is 11.1 Å². The van der Waals surface area contributed by atoms with Gasteiger partial charge in [0.2, 0.25) is 0 Å². The Labute approximate surface area is 214 Å². The summed E-state index contributed by atoms with van der Waals surface area (Å²) in [6, 6.07) is 7.50. The summed E-state index contributed by atoms with van der Waals surface area (Å²) in [7, 11) is 1.75. The van der Waals surface area contributed by atoms with Crippen molar-refractivity contribution >= 4 is 23.2 Å². The van der Waals surface area contributed by atoms with Crippen molar-refractivity contribution in [2.75, 3.05) is 44.1 Å². The number of methoxy groups -OCH3 is 1. The van der Waals surface area contributed by atoms with Crippen LogP contribution in [-0.2, 0) is 9.47 Å². The fourth-order valence-corrected chi connectivity index (χ4v) is 5.31. The van der Waals surface area contributed by atoms with Gasteiger partial charge in [-0.15, -0.1) is 0 Å². The third-order valence-electron chi connectivity index (χ3n) is 7.34. The van der Waals surface area contributed by atoms with Crippen molar-refractivity contribution in [1.82, 2.24) is 15.3 Å². The Kier molecular flexibility index (Phi) is 9.22. The molecule has 2 aromatic heterocycles. The molecule has 1 atom stereocenters. The number of nitrogens with zero attached hydrogens (tertiary/aromatic N) is 2. The zero-order valence-electron chi connectivity index (χ0n) is 21.3. The second-order valence-electron chi connectivity index (χ2n) is 10.5. The summed E-state index contributed by atoms with van der Waals surface area (Å²) in [6.07, 6.45) is 10.2. The van der Waals surface area contributed by atoms with E-state index in [9.17, 15) is 0 Å². The van der Waals surface area contributed by atoms with Crippen molar-refractivity contribution in [1.29, 1.82) is 0 Å². The van der Waals surface area contributed by atoms with Gasteiger partial charge >= 0.3 is 0 Å². The van der Waals surface area contributed by atoms with E-state index in [1.807, 2.05) is 12.3 Å². The molecule has 4 rings (SSSR count). The van der Waals surface area contributed by atoms with E-state index in [2.05, 4.69) is 51.9 Å². The van der Waals surface area contributed by atoms with Gasteiger partial charge in [-0.05, 0) is 74.6 Å². The van der Waals surface area contributed by atoms with Gasteiger partial charge in [0, 0.05) is 63.0 Å². The zero-order valence-corrected chi connectivity index (χ0v) is 22.0. The van der Waals surface area contributed by atoms with Crippen LogP contribution in [0, 0.1) is 5.41 Å². The minimum absolute atomic E-state index is 0.234. The normalized spacial score (nSPS) is 23.0. The van der Waals surface area contributed by atoms with E-state index in [0.29, 0.717) is 23.1 Å². The van der Waals surface area contributed by atoms with Gasteiger partial charge in [0.25, 0.3) is 0 Å². The van der Waals surface area contributed by atoms with Crippen LogP contribution >= 0.6 is 11.6 Å². The quantitative estimate of drug-likeness (QED) is 0.403. The van der Waals surface area contributed by atoms with Crippen molar-refractivity contribution in [3.05, 3.63) is 35.6 Å². The highest BCUT2D eigenvalue weighted by Crippen LogP contribution is 2.33. The first-order valence-electron chi connectivity index (χ1n) is 12.9. The molecule has 8 heteroatoms. The summed E-state index contributed by atoms with van der Waals surface area (Å²) in [6.45, 7) is 7.78. The highest BCUT2D eigenvalue weighted by molar-refractivity contribution is 6.33. The van der Waals surface area contributed by atoms with Crippen molar-refractivity contribution < 1.29 is 9.47 Å². The van der Waals surface area contributed by atoms with Crippen molar-refractivity contribution in [3.63, 3.8) is 0 Å². The molecule has 0 amide bonds. The maximum absolute atomic E-state index is 6.58. The molecule has 3 N–H and O–H groups in total. The lowest BCUT2D eigenvalue weighted by atomic mass is 9.82. The highest BCUT2D eigenvalue weighted by Gasteiger charge is 2.27. The Bertz CT molecular complexity index is 945. The summed E-state index contributed by atoms with van der Waals surface area (Å²) >= 11 is 6.58. The fourth-order valence-electron chi connectivity index (χ4n) is 5.09. The Morgan fingerprint density at radius 2 is 1.86 bits per heavy atom. The molecule has 1 saturated heterocycles. The minimum Gasteiger partial charge on any atom is -0.383 e. The SMILES string of the molecule is COCC(C)NC1CCC(Nc2cc(-c3ccnc(NCC4(C)CCOCC4)c3)c(Cl)cn2)CC1. The van der Waals surface area contributed by atoms with E-state index < -0.39 is 0 Å². The summed E-state index contributed by atoms with van der Waals surface area (Å²) in [4.78, 5) is 9.10. The maximum atomic E-state index is 6.58. The van der Waals surface area contributed by atoms with Crippen LogP contribution in [0.4, 0.5) is 11.6 Å². The van der Waals surface area contributed by atoms with Gasteiger partial charge in [-0.2, -0.15) is 0 Å². The first-order valence-corrected chi connectivity index (χ1v) is 13.3. The predicted octanol–water partition coefficient (Wildman–Crippen LogP) is 5.37. The molecular formula is C27H40ClN5O2. The maximum Gasteiger partial charge on any atom is 0.126 e. The first kappa shape index (κ1) is 26.1. The van der Waals surface area contributed by atoms with Gasteiger partial charge in [0.1, 0.15) is 11.6 Å². The van der Waals surface area contributed by atoms with Crippen LogP contribution < -0.4 is 16.0 Å². The van der Waals surface area contributed by atoms with E-state index in [0.717, 1.165) is 87.7 Å². The second kappa shape index (κ2) is 12.3. The molecule has 1 unspecified atom stereocenters. The molecule has 3 heterocycles. The summed E-state index contributed by atoms with van der Waals surface area (Å²) in [5.41, 5.74) is 2.24. The molecule has 1 aliphatic carbocycles. The van der Waals surface area contributed by atoms with E-state index >= 15 is 0 Å². The number of aromatic nitrogens is 2. The number of hydrogen-bond donors (Lipinski definition) is 3. The van der Waals surface area contributed by atoms with Crippen LogP contribution in [0.25, 0.3) is 11.1 Å². The number of rotatable bonds is 10. The molecule has 2 aliphatic rings. The molecule has 192 valence electrons. The molecule has 0 spiro atoms. The summed E-state index contributed by atoms with van der Waals surface area (Å²) in [5.74, 6) is 1.74. The average Bonchev–Trinajstić information content (AvgIpc) is 2.86. The minimum atomic E-state index is 0.234. The number of anilines is 2. The first-order chi connectivity index (χ1) is 16.9. The Balaban J connectivity index is 1.36. The average molecular weight is 502 g/mol. The predicted molar refractivity (Wildman–Crippen MR) is 143 cm³/mol. The number of pyridine rings is 2. The third kappa shape index (κ3) is 7.53. The molecule has 2 fully saturated rings. The van der Waals surface area contributed by atoms with Gasteiger partial charge in [-0.3, -0.25) is 0 Å². The highest BCUT2D eigenvalue weighted by atomic mass is 35.5. The van der Waals surface area contributed by atoms with Crippen LogP contribution in [-0.4, -0.2) is 61.6 Å². The molecule has 1 saturated carbocycles. The number of ether oxygens (including phenoxy) is 2. The van der Waals surface area contributed by atoms with Crippen molar-refractivity contribution in [2.24, 2.45) is 5.41 Å². The molecular weight excluding hydrogens is 462 g/mol. The number of nitrogens with one attached hydrogen (secondary N) is 3. The van der Waals surface area contributed by atoms with Crippen LogP contribution in [0.5, 0.6) is 0 Å². The van der Waals surface area contributed by atoms with Crippen LogP contribution in [0.15, 0.2) is 30.6 Å². The Morgan fingerprint density at radius 3 is 2.60 bits per heavy atom. The van der Waals surface area contributed by atoms with E-state index in [1.165, 1.54) is 0 Å². The Hall–Kier alpha value is -1.93. The van der Waals surface area contributed by atoms with Gasteiger partial charge in [-0.25, -0.2) is 9.97 Å². The molecule has 0 radical (unpaired) electrons. The van der Waals surface area contributed by atoms with E-state index in [4.69, 9.17) is 21.1 Å². The molecule has 7 nitrogen and oxygen atoms in total. The van der Waals surface area contributed by atoms with Crippen LogP contribution in [0.2, 0.25) is 5.02 Å². The smallest absolute Gasteiger partial charge is 0.126 e. The van der Waals surface area contributed by atoms with Gasteiger partial charge in [0.05, 0.1) is 11.6 Å². The lowest BCUT2D eigenvalue weighted by Crippen LogP contribution is -2.42. The molecule has 35 heavy (non-hydrogen) atoms. The fraction of sp³-hybridized carbons (Fsp3) is 0.630. The van der Waals surface area contributed by atoms with Crippen LogP contribution in [0.3, 0.4) is 0 Å². The molecule has 2 aromatic rings. The standard InChI is InChI=1S/C27H40ClN5O2/c1-19(17-34-3)32-21-4-6-22(7-5-21)33-26-15-23(24(28)16-30-26)20-8-11-29-25(14-20)31-18-27(2)9-12-35-13-10-27/h8,11,14-16,19,21-22,32H,4-7,9-10,12-13,17-18H2,1-3H3,(H,29,31)(H,30,33). The van der Waals surface area contributed by atoms with Crippen molar-refractivity contribution in [2.45, 2.75) is 70.5 Å². The monoisotopic (exact) mass is 501 g/mol. The zero-order chi connectivity index (χ0) is 24.7. The summed E-state index contributed by atoms with van der Waals surface area (Å²) in [5, 5.41) is 11.5. The molecule has 1 aliphatic heterocycles. The third-order valence-corrected chi connectivity index (χ3v) is 7.64. The van der Waals surface area contributed by atoms with E-state index in [1.54, 1.807) is 13.3 Å². The topological polar surface area (TPSA) is 80.3 Å². The van der Waals surface area contributed by atoms with Gasteiger partial charge in [0.15, 0.2) is 0 Å².